The van der Waals surface area contributed by atoms with Gasteiger partial charge in [-0.15, -0.1) is 0 Å². The first-order valence-corrected chi connectivity index (χ1v) is 6.25. The van der Waals surface area contributed by atoms with Crippen molar-refractivity contribution >= 4 is 5.84 Å². The SMILES string of the molecule is CCC(C)CC(C)NC(CC)CC(N)=NO. The van der Waals surface area contributed by atoms with Crippen molar-refractivity contribution < 1.29 is 5.21 Å². The van der Waals surface area contributed by atoms with Gasteiger partial charge in [0.05, 0.1) is 0 Å². The summed E-state index contributed by atoms with van der Waals surface area (Å²) < 4.78 is 0. The summed E-state index contributed by atoms with van der Waals surface area (Å²) in [6, 6.07) is 0.779. The molecule has 0 bridgehead atoms. The fourth-order valence-electron chi connectivity index (χ4n) is 1.86. The molecule has 0 fully saturated rings. The summed E-state index contributed by atoms with van der Waals surface area (Å²) in [7, 11) is 0. The van der Waals surface area contributed by atoms with Crippen LogP contribution in [0.5, 0.6) is 0 Å². The van der Waals surface area contributed by atoms with Gasteiger partial charge in [0.2, 0.25) is 0 Å². The van der Waals surface area contributed by atoms with Gasteiger partial charge < -0.3 is 16.3 Å². The summed E-state index contributed by atoms with van der Waals surface area (Å²) >= 11 is 0. The standard InChI is InChI=1S/C12H27N3O/c1-5-9(3)7-10(4)14-11(6-2)8-12(13)15-16/h9-11,14,16H,5-8H2,1-4H3,(H2,13,15). The van der Waals surface area contributed by atoms with Gasteiger partial charge in [-0.2, -0.15) is 0 Å². The van der Waals surface area contributed by atoms with E-state index in [0.29, 0.717) is 24.3 Å². The van der Waals surface area contributed by atoms with Gasteiger partial charge in [-0.1, -0.05) is 32.3 Å². The van der Waals surface area contributed by atoms with E-state index in [9.17, 15) is 0 Å². The molecule has 0 aliphatic rings. The Balaban J connectivity index is 4.01. The van der Waals surface area contributed by atoms with Gasteiger partial charge in [0.15, 0.2) is 0 Å². The molecular weight excluding hydrogens is 202 g/mol. The smallest absolute Gasteiger partial charge is 0.140 e. The van der Waals surface area contributed by atoms with Crippen molar-refractivity contribution in [3.63, 3.8) is 0 Å². The van der Waals surface area contributed by atoms with E-state index in [4.69, 9.17) is 10.9 Å². The molecule has 4 nitrogen and oxygen atoms in total. The van der Waals surface area contributed by atoms with Crippen LogP contribution in [0.25, 0.3) is 0 Å². The summed E-state index contributed by atoms with van der Waals surface area (Å²) in [5, 5.41) is 15.1. The molecule has 16 heavy (non-hydrogen) atoms. The number of amidine groups is 1. The first-order chi connectivity index (χ1) is 7.53. The molecule has 4 heteroatoms. The van der Waals surface area contributed by atoms with Crippen LogP contribution in [0.15, 0.2) is 5.16 Å². The molecule has 4 N–H and O–H groups in total. The van der Waals surface area contributed by atoms with Crippen molar-refractivity contribution in [3.8, 4) is 0 Å². The minimum absolute atomic E-state index is 0.301. The molecule has 3 atom stereocenters. The lowest BCUT2D eigenvalue weighted by molar-refractivity contribution is 0.313. The number of hydrogen-bond acceptors (Lipinski definition) is 3. The Morgan fingerprint density at radius 2 is 1.94 bits per heavy atom. The van der Waals surface area contributed by atoms with Gasteiger partial charge in [0.1, 0.15) is 5.84 Å². The lowest BCUT2D eigenvalue weighted by atomic mass is 9.99. The van der Waals surface area contributed by atoms with Crippen LogP contribution in [0.1, 0.15) is 53.4 Å². The molecule has 0 amide bonds. The zero-order chi connectivity index (χ0) is 12.6. The van der Waals surface area contributed by atoms with Gasteiger partial charge in [0, 0.05) is 18.5 Å². The summed E-state index contributed by atoms with van der Waals surface area (Å²) in [6.45, 7) is 8.78. The van der Waals surface area contributed by atoms with Crippen LogP contribution in [0.2, 0.25) is 0 Å². The van der Waals surface area contributed by atoms with Gasteiger partial charge >= 0.3 is 0 Å². The molecule has 0 saturated carbocycles. The topological polar surface area (TPSA) is 70.6 Å². The first kappa shape index (κ1) is 15.2. The zero-order valence-corrected chi connectivity index (χ0v) is 11.0. The van der Waals surface area contributed by atoms with Crippen LogP contribution in [0.4, 0.5) is 0 Å². The number of hydrogen-bond donors (Lipinski definition) is 3. The third-order valence-corrected chi connectivity index (χ3v) is 3.05. The molecule has 0 aromatic heterocycles. The monoisotopic (exact) mass is 229 g/mol. The maximum Gasteiger partial charge on any atom is 0.140 e. The number of nitrogens with one attached hydrogen (secondary N) is 1. The maximum atomic E-state index is 8.53. The molecule has 0 aromatic carbocycles. The minimum atomic E-state index is 0.301. The highest BCUT2D eigenvalue weighted by atomic mass is 16.4. The molecule has 0 saturated heterocycles. The lowest BCUT2D eigenvalue weighted by Gasteiger charge is -2.23. The van der Waals surface area contributed by atoms with Crippen molar-refractivity contribution in [3.05, 3.63) is 0 Å². The highest BCUT2D eigenvalue weighted by molar-refractivity contribution is 5.80. The molecule has 0 radical (unpaired) electrons. The van der Waals surface area contributed by atoms with Crippen LogP contribution < -0.4 is 11.1 Å². The van der Waals surface area contributed by atoms with Crippen LogP contribution in [-0.2, 0) is 0 Å². The number of nitrogens with zero attached hydrogens (tertiary/aromatic N) is 1. The molecule has 96 valence electrons. The van der Waals surface area contributed by atoms with Crippen molar-refractivity contribution in [1.82, 2.24) is 5.32 Å². The molecular formula is C12H27N3O. The average molecular weight is 229 g/mol. The molecule has 0 heterocycles. The fraction of sp³-hybridized carbons (Fsp3) is 0.917. The highest BCUT2D eigenvalue weighted by Gasteiger charge is 2.13. The van der Waals surface area contributed by atoms with Crippen LogP contribution in [0.3, 0.4) is 0 Å². The Labute approximate surface area is 99.3 Å². The Kier molecular flexibility index (Phi) is 7.99. The lowest BCUT2D eigenvalue weighted by Crippen LogP contribution is -2.39. The van der Waals surface area contributed by atoms with Crippen molar-refractivity contribution in [2.75, 3.05) is 0 Å². The summed E-state index contributed by atoms with van der Waals surface area (Å²) in [4.78, 5) is 0. The molecule has 0 aliphatic heterocycles. The largest absolute Gasteiger partial charge is 0.409 e. The first-order valence-electron chi connectivity index (χ1n) is 6.25. The van der Waals surface area contributed by atoms with E-state index in [1.54, 1.807) is 0 Å². The van der Waals surface area contributed by atoms with Crippen LogP contribution >= 0.6 is 0 Å². The van der Waals surface area contributed by atoms with Gasteiger partial charge in [-0.25, -0.2) is 0 Å². The van der Waals surface area contributed by atoms with E-state index < -0.39 is 0 Å². The van der Waals surface area contributed by atoms with Crippen molar-refractivity contribution in [1.29, 1.82) is 0 Å². The molecule has 0 aliphatic carbocycles. The molecule has 0 aromatic rings. The molecule has 0 spiro atoms. The number of rotatable bonds is 8. The van der Waals surface area contributed by atoms with Crippen LogP contribution in [-0.4, -0.2) is 23.1 Å². The summed E-state index contributed by atoms with van der Waals surface area (Å²) in [5.41, 5.74) is 5.51. The zero-order valence-electron chi connectivity index (χ0n) is 11.0. The minimum Gasteiger partial charge on any atom is -0.409 e. The summed E-state index contributed by atoms with van der Waals surface area (Å²) in [6.07, 6.45) is 3.98. The predicted octanol–water partition coefficient (Wildman–Crippen LogP) is 2.32. The van der Waals surface area contributed by atoms with Crippen molar-refractivity contribution in [2.45, 2.75) is 65.5 Å². The van der Waals surface area contributed by atoms with E-state index >= 15 is 0 Å². The summed E-state index contributed by atoms with van der Waals surface area (Å²) in [5.74, 6) is 1.04. The van der Waals surface area contributed by atoms with E-state index in [1.165, 1.54) is 12.8 Å². The van der Waals surface area contributed by atoms with E-state index in [-0.39, 0.29) is 0 Å². The fourth-order valence-corrected chi connectivity index (χ4v) is 1.86. The van der Waals surface area contributed by atoms with Gasteiger partial charge in [-0.3, -0.25) is 0 Å². The quantitative estimate of drug-likeness (QED) is 0.259. The third-order valence-electron chi connectivity index (χ3n) is 3.05. The van der Waals surface area contributed by atoms with Crippen LogP contribution in [0, 0.1) is 5.92 Å². The van der Waals surface area contributed by atoms with E-state index in [0.717, 1.165) is 12.3 Å². The van der Waals surface area contributed by atoms with E-state index in [2.05, 4.69) is 38.2 Å². The normalized spacial score (nSPS) is 18.1. The second-order valence-electron chi connectivity index (χ2n) is 4.72. The average Bonchev–Trinajstić information content (AvgIpc) is 2.27. The number of oxime groups is 1. The second kappa shape index (κ2) is 8.39. The van der Waals surface area contributed by atoms with Gasteiger partial charge in [0.25, 0.3) is 0 Å². The predicted molar refractivity (Wildman–Crippen MR) is 68.8 cm³/mol. The van der Waals surface area contributed by atoms with Gasteiger partial charge in [-0.05, 0) is 25.7 Å². The Morgan fingerprint density at radius 3 is 2.38 bits per heavy atom. The Hall–Kier alpha value is -0.770. The Morgan fingerprint density at radius 1 is 1.31 bits per heavy atom. The van der Waals surface area contributed by atoms with Crippen molar-refractivity contribution in [2.24, 2.45) is 16.8 Å². The Bertz CT molecular complexity index is 206. The number of nitrogens with two attached hydrogens (primary N) is 1. The highest BCUT2D eigenvalue weighted by Crippen LogP contribution is 2.11. The molecule has 3 unspecified atom stereocenters. The molecule has 0 rings (SSSR count). The second-order valence-corrected chi connectivity index (χ2v) is 4.72. The third kappa shape index (κ3) is 6.67. The maximum absolute atomic E-state index is 8.53. The van der Waals surface area contributed by atoms with E-state index in [1.807, 2.05) is 0 Å².